The van der Waals surface area contributed by atoms with Crippen LogP contribution in [0.4, 0.5) is 26.0 Å². The van der Waals surface area contributed by atoms with Crippen LogP contribution in [0, 0.1) is 5.92 Å². The van der Waals surface area contributed by atoms with Crippen molar-refractivity contribution in [3.8, 4) is 0 Å². The van der Waals surface area contributed by atoms with Gasteiger partial charge in [-0.05, 0) is 36.5 Å². The standard InChI is InChI=1S/C21H21F2N5O4S/c1-28-20(30)17-14(8-16(25-18(17)27-28)26-19(29)12-9-21(12,22)23)24-13-6-5-11(10-3-4-10)7-15(13)33(2,31)32/h5-8,10,12H,3-4,9H2,1-2H3,(H3,24,25,26,27,29)/t12-/m1/s1. The molecule has 0 unspecified atom stereocenters. The van der Waals surface area contributed by atoms with Crippen molar-refractivity contribution in [3.05, 3.63) is 40.2 Å². The average molecular weight is 477 g/mol. The number of sulfone groups is 1. The number of H-pyrrole nitrogens is 1. The number of nitrogens with zero attached hydrogens (tertiary/aromatic N) is 2. The predicted molar refractivity (Wildman–Crippen MR) is 118 cm³/mol. The molecular formula is C21H21F2N5O4S. The molecule has 2 aliphatic carbocycles. The number of aromatic nitrogens is 3. The Morgan fingerprint density at radius 3 is 2.55 bits per heavy atom. The minimum absolute atomic E-state index is 0.0462. The van der Waals surface area contributed by atoms with Crippen LogP contribution in [0.2, 0.25) is 0 Å². The predicted octanol–water partition coefficient (Wildman–Crippen LogP) is 2.88. The molecule has 5 rings (SSSR count). The van der Waals surface area contributed by atoms with Crippen molar-refractivity contribution in [2.45, 2.75) is 36.0 Å². The van der Waals surface area contributed by atoms with E-state index in [4.69, 9.17) is 0 Å². The van der Waals surface area contributed by atoms with E-state index in [-0.39, 0.29) is 33.1 Å². The largest absolute Gasteiger partial charge is 0.354 e. The molecule has 2 heterocycles. The van der Waals surface area contributed by atoms with Crippen molar-refractivity contribution in [2.75, 3.05) is 16.9 Å². The zero-order valence-corrected chi connectivity index (χ0v) is 18.6. The van der Waals surface area contributed by atoms with Gasteiger partial charge in [-0.25, -0.2) is 22.2 Å². The lowest BCUT2D eigenvalue weighted by Crippen LogP contribution is -2.18. The summed E-state index contributed by atoms with van der Waals surface area (Å²) in [5.74, 6) is -5.04. The second-order valence-corrected chi connectivity index (χ2v) is 10.7. The first kappa shape index (κ1) is 21.6. The Hall–Kier alpha value is -3.28. The highest BCUT2D eigenvalue weighted by molar-refractivity contribution is 7.90. The average Bonchev–Trinajstić information content (AvgIpc) is 3.62. The number of benzene rings is 1. The molecule has 0 saturated heterocycles. The van der Waals surface area contributed by atoms with Crippen molar-refractivity contribution in [1.82, 2.24) is 14.8 Å². The van der Waals surface area contributed by atoms with E-state index in [1.807, 2.05) is 6.07 Å². The molecule has 1 atom stereocenters. The molecular weight excluding hydrogens is 456 g/mol. The molecule has 1 amide bonds. The lowest BCUT2D eigenvalue weighted by molar-refractivity contribution is -0.119. The van der Waals surface area contributed by atoms with E-state index in [0.29, 0.717) is 5.92 Å². The minimum atomic E-state index is -3.61. The van der Waals surface area contributed by atoms with Gasteiger partial charge in [0.2, 0.25) is 5.91 Å². The first-order valence-corrected chi connectivity index (χ1v) is 12.2. The number of nitrogens with one attached hydrogen (secondary N) is 3. The van der Waals surface area contributed by atoms with Gasteiger partial charge in [0.05, 0.1) is 16.3 Å². The lowest BCUT2D eigenvalue weighted by Gasteiger charge is -2.14. The van der Waals surface area contributed by atoms with E-state index < -0.39 is 39.6 Å². The smallest absolute Gasteiger partial charge is 0.277 e. The Labute approximate surface area is 187 Å². The Balaban J connectivity index is 1.57. The molecule has 2 aromatic heterocycles. The number of hydrogen-bond donors (Lipinski definition) is 3. The van der Waals surface area contributed by atoms with Gasteiger partial charge in [-0.15, -0.1) is 0 Å². The number of aryl methyl sites for hydroxylation is 1. The Bertz CT molecular complexity index is 1470. The normalized spacial score (nSPS) is 19.5. The summed E-state index contributed by atoms with van der Waals surface area (Å²) < 4.78 is 52.7. The van der Waals surface area contributed by atoms with Gasteiger partial charge >= 0.3 is 0 Å². The van der Waals surface area contributed by atoms with Crippen molar-refractivity contribution >= 4 is 44.0 Å². The van der Waals surface area contributed by atoms with E-state index >= 15 is 0 Å². The summed E-state index contributed by atoms with van der Waals surface area (Å²) in [4.78, 5) is 29.0. The van der Waals surface area contributed by atoms with Crippen LogP contribution >= 0.6 is 0 Å². The quantitative estimate of drug-likeness (QED) is 0.501. The van der Waals surface area contributed by atoms with Gasteiger partial charge in [0.15, 0.2) is 15.5 Å². The van der Waals surface area contributed by atoms with Gasteiger partial charge in [0.25, 0.3) is 11.5 Å². The maximum absolute atomic E-state index is 13.3. The van der Waals surface area contributed by atoms with Gasteiger partial charge in [-0.2, -0.15) is 0 Å². The zero-order valence-electron chi connectivity index (χ0n) is 17.8. The number of aromatic amines is 1. The number of carbonyl (C=O) groups excluding carboxylic acids is 1. The number of anilines is 3. The summed E-state index contributed by atoms with van der Waals surface area (Å²) >= 11 is 0. The third-order valence-corrected chi connectivity index (χ3v) is 7.07. The number of rotatable bonds is 6. The molecule has 3 N–H and O–H groups in total. The fourth-order valence-electron chi connectivity index (χ4n) is 3.86. The number of fused-ring (bicyclic) bond motifs is 1. The van der Waals surface area contributed by atoms with Crippen LogP contribution in [0.3, 0.4) is 0 Å². The summed E-state index contributed by atoms with van der Waals surface area (Å²) in [6.45, 7) is 0. The van der Waals surface area contributed by atoms with Crippen molar-refractivity contribution in [2.24, 2.45) is 13.0 Å². The van der Waals surface area contributed by atoms with E-state index in [1.54, 1.807) is 12.1 Å². The summed E-state index contributed by atoms with van der Waals surface area (Å²) in [5, 5.41) is 8.23. The summed E-state index contributed by atoms with van der Waals surface area (Å²) in [6, 6.07) is 6.42. The van der Waals surface area contributed by atoms with Crippen molar-refractivity contribution < 1.29 is 22.0 Å². The van der Waals surface area contributed by atoms with Crippen LogP contribution in [-0.2, 0) is 21.7 Å². The maximum Gasteiger partial charge on any atom is 0.277 e. The van der Waals surface area contributed by atoms with Crippen LogP contribution in [0.25, 0.3) is 11.0 Å². The number of pyridine rings is 1. The molecule has 0 radical (unpaired) electrons. The Morgan fingerprint density at radius 1 is 1.24 bits per heavy atom. The SMILES string of the molecule is Cn1[nH]c2nc(NC(=O)[C@H]3CC3(F)F)cc(Nc3ccc(C4CC4)cc3S(C)(=O)=O)c2c1=O. The van der Waals surface area contributed by atoms with Crippen LogP contribution in [0.15, 0.2) is 34.0 Å². The molecule has 3 aromatic rings. The van der Waals surface area contributed by atoms with Crippen molar-refractivity contribution in [1.29, 1.82) is 0 Å². The van der Waals surface area contributed by atoms with E-state index in [9.17, 15) is 26.8 Å². The fraction of sp³-hybridized carbons (Fsp3) is 0.381. The third-order valence-electron chi connectivity index (χ3n) is 5.93. The molecule has 0 spiro atoms. The van der Waals surface area contributed by atoms with E-state index in [1.165, 1.54) is 17.8 Å². The third kappa shape index (κ3) is 3.99. The first-order chi connectivity index (χ1) is 15.4. The Kier molecular flexibility index (Phi) is 4.64. The number of amides is 1. The van der Waals surface area contributed by atoms with Crippen LogP contribution < -0.4 is 16.2 Å². The maximum atomic E-state index is 13.3. The monoisotopic (exact) mass is 477 g/mol. The van der Waals surface area contributed by atoms with Crippen LogP contribution in [0.5, 0.6) is 0 Å². The topological polar surface area (TPSA) is 126 Å². The highest BCUT2D eigenvalue weighted by Gasteiger charge is 2.61. The second kappa shape index (κ2) is 7.11. The molecule has 0 aliphatic heterocycles. The van der Waals surface area contributed by atoms with Gasteiger partial charge < -0.3 is 10.6 Å². The number of halogens is 2. The lowest BCUT2D eigenvalue weighted by atomic mass is 10.1. The molecule has 2 fully saturated rings. The molecule has 2 saturated carbocycles. The molecule has 1 aromatic carbocycles. The molecule has 9 nitrogen and oxygen atoms in total. The van der Waals surface area contributed by atoms with Crippen LogP contribution in [-0.4, -0.2) is 41.3 Å². The molecule has 0 bridgehead atoms. The van der Waals surface area contributed by atoms with Gasteiger partial charge in [0.1, 0.15) is 17.1 Å². The summed E-state index contributed by atoms with van der Waals surface area (Å²) in [5.41, 5.74) is 1.05. The van der Waals surface area contributed by atoms with Crippen LogP contribution in [0.1, 0.15) is 30.7 Å². The molecule has 33 heavy (non-hydrogen) atoms. The van der Waals surface area contributed by atoms with E-state index in [2.05, 4.69) is 20.7 Å². The number of carbonyl (C=O) groups is 1. The summed E-state index contributed by atoms with van der Waals surface area (Å²) in [6.07, 6.45) is 2.58. The highest BCUT2D eigenvalue weighted by atomic mass is 32.2. The van der Waals surface area contributed by atoms with Gasteiger partial charge in [0, 0.05) is 25.8 Å². The van der Waals surface area contributed by atoms with Crippen molar-refractivity contribution in [3.63, 3.8) is 0 Å². The first-order valence-electron chi connectivity index (χ1n) is 10.3. The van der Waals surface area contributed by atoms with Gasteiger partial charge in [-0.3, -0.25) is 19.4 Å². The van der Waals surface area contributed by atoms with Gasteiger partial charge in [-0.1, -0.05) is 6.07 Å². The number of alkyl halides is 2. The fourth-order valence-corrected chi connectivity index (χ4v) is 4.73. The van der Waals surface area contributed by atoms with E-state index in [0.717, 1.165) is 24.7 Å². The molecule has 2 aliphatic rings. The number of hydrogen-bond acceptors (Lipinski definition) is 6. The molecule has 12 heteroatoms. The highest BCUT2D eigenvalue weighted by Crippen LogP contribution is 2.49. The zero-order chi connectivity index (χ0) is 23.7. The Morgan fingerprint density at radius 2 is 1.94 bits per heavy atom. The second-order valence-electron chi connectivity index (χ2n) is 8.69. The minimum Gasteiger partial charge on any atom is -0.354 e. The summed E-state index contributed by atoms with van der Waals surface area (Å²) in [7, 11) is -2.13. The molecule has 174 valence electrons.